The molecule has 3 N–H and O–H groups in total. The van der Waals surface area contributed by atoms with Crippen molar-refractivity contribution in [3.63, 3.8) is 0 Å². The van der Waals surface area contributed by atoms with Gasteiger partial charge in [0.2, 0.25) is 0 Å². The summed E-state index contributed by atoms with van der Waals surface area (Å²) in [5, 5.41) is 13.9. The molecule has 0 spiro atoms. The first kappa shape index (κ1) is 56.2. The second-order valence-electron chi connectivity index (χ2n) is 16.6. The fourth-order valence-corrected chi connectivity index (χ4v) is 7.13. The average Bonchev–Trinajstić information content (AvgIpc) is 3.38. The van der Waals surface area contributed by atoms with Crippen LogP contribution < -0.4 is 20.1 Å². The van der Waals surface area contributed by atoms with E-state index >= 15 is 0 Å². The van der Waals surface area contributed by atoms with Crippen molar-refractivity contribution >= 4 is 23.8 Å². The number of esters is 1. The van der Waals surface area contributed by atoms with E-state index in [9.17, 15) is 45.5 Å². The largest absolute Gasteiger partial charge is 0.486 e. The number of carboxylic acids is 1. The Morgan fingerprint density at radius 1 is 0.548 bits per heavy atom. The van der Waals surface area contributed by atoms with Gasteiger partial charge in [0.1, 0.15) is 23.7 Å². The molecule has 2 atom stereocenters. The first-order valence-corrected chi connectivity index (χ1v) is 23.5. The number of carbonyl (C=O) groups is 4. The van der Waals surface area contributed by atoms with E-state index in [-0.39, 0.29) is 50.0 Å². The van der Waals surface area contributed by atoms with Crippen LogP contribution in [0.5, 0.6) is 11.5 Å². The molecule has 2 unspecified atom stereocenters. The lowest BCUT2D eigenvalue weighted by Crippen LogP contribution is -2.26. The Balaban J connectivity index is 0.000000271. The number of alkyl halides is 6. The summed E-state index contributed by atoms with van der Waals surface area (Å²) >= 11 is 0. The zero-order chi connectivity index (χ0) is 53.0. The Labute approximate surface area is 419 Å². The molecule has 0 aliphatic heterocycles. The van der Waals surface area contributed by atoms with Crippen molar-refractivity contribution in [2.45, 2.75) is 89.8 Å². The van der Waals surface area contributed by atoms with Gasteiger partial charge in [-0.3, -0.25) is 29.1 Å². The first-order chi connectivity index (χ1) is 34.9. The topological polar surface area (TPSA) is 166 Å². The summed E-state index contributed by atoms with van der Waals surface area (Å²) in [6.45, 7) is 4.39. The highest BCUT2D eigenvalue weighted by Gasteiger charge is 2.31. The highest BCUT2D eigenvalue weighted by Crippen LogP contribution is 2.34. The molecule has 386 valence electrons. The third-order valence-corrected chi connectivity index (χ3v) is 11.2. The fraction of sp³-hybridized carbons (Fsp3) is 0.309. The number of unbranched alkanes of at least 4 members (excludes halogenated alkanes) is 2. The van der Waals surface area contributed by atoms with Crippen LogP contribution in [0.1, 0.15) is 120 Å². The fourth-order valence-electron chi connectivity index (χ4n) is 7.13. The van der Waals surface area contributed by atoms with E-state index < -0.39 is 35.4 Å². The molecule has 12 nitrogen and oxygen atoms in total. The molecule has 6 aromatic rings. The molecular weight excluding hydrogens is 959 g/mol. The van der Waals surface area contributed by atoms with E-state index in [1.54, 1.807) is 60.7 Å². The summed E-state index contributed by atoms with van der Waals surface area (Å²) in [5.74, 6) is -0.873. The lowest BCUT2D eigenvalue weighted by atomic mass is 10.0. The number of aliphatic carboxylic acids is 1. The predicted molar refractivity (Wildman–Crippen MR) is 262 cm³/mol. The molecule has 2 amide bonds. The molecule has 0 aliphatic carbocycles. The van der Waals surface area contributed by atoms with Crippen LogP contribution in [-0.2, 0) is 26.7 Å². The number of halogens is 6. The summed E-state index contributed by atoms with van der Waals surface area (Å²) in [5.41, 5.74) is 3.38. The molecule has 0 fully saturated rings. The summed E-state index contributed by atoms with van der Waals surface area (Å²) in [4.78, 5) is 54.1. The van der Waals surface area contributed by atoms with Crippen molar-refractivity contribution in [3.05, 3.63) is 167 Å². The number of ether oxygens (including phenoxy) is 3. The molecule has 6 rings (SSSR count). The van der Waals surface area contributed by atoms with Gasteiger partial charge in [-0.15, -0.1) is 0 Å². The van der Waals surface area contributed by atoms with E-state index in [1.807, 2.05) is 36.4 Å². The molecule has 4 aromatic carbocycles. The lowest BCUT2D eigenvalue weighted by molar-refractivity contribution is -0.140. The predicted octanol–water partition coefficient (Wildman–Crippen LogP) is 12.7. The van der Waals surface area contributed by atoms with Crippen LogP contribution in [0, 0.1) is 0 Å². The van der Waals surface area contributed by atoms with Gasteiger partial charge in [-0.25, -0.2) is 0 Å². The average molecular weight is 1020 g/mol. The quantitative estimate of drug-likeness (QED) is 0.0440. The van der Waals surface area contributed by atoms with E-state index in [0.717, 1.165) is 74.2 Å². The molecule has 2 heterocycles. The summed E-state index contributed by atoms with van der Waals surface area (Å²) < 4.78 is 93.8. The Morgan fingerprint density at radius 3 is 1.25 bits per heavy atom. The third-order valence-electron chi connectivity index (χ3n) is 11.2. The number of amides is 2. The third kappa shape index (κ3) is 17.8. The van der Waals surface area contributed by atoms with Crippen LogP contribution in [0.4, 0.5) is 26.3 Å². The van der Waals surface area contributed by atoms with Crippen molar-refractivity contribution in [2.75, 3.05) is 20.2 Å². The van der Waals surface area contributed by atoms with E-state index in [0.29, 0.717) is 45.1 Å². The number of aromatic nitrogens is 2. The number of hydrogen-bond acceptors (Lipinski definition) is 9. The second-order valence-corrected chi connectivity index (χ2v) is 16.6. The Bertz CT molecular complexity index is 2680. The highest BCUT2D eigenvalue weighted by atomic mass is 19.4. The first-order valence-electron chi connectivity index (χ1n) is 23.5. The van der Waals surface area contributed by atoms with E-state index in [1.165, 1.54) is 19.2 Å². The molecule has 73 heavy (non-hydrogen) atoms. The summed E-state index contributed by atoms with van der Waals surface area (Å²) in [6, 6.07) is 32.8. The maximum Gasteiger partial charge on any atom is 0.417 e. The van der Waals surface area contributed by atoms with Gasteiger partial charge in [0.05, 0.1) is 42.5 Å². The molecule has 0 bridgehead atoms. The van der Waals surface area contributed by atoms with Crippen molar-refractivity contribution in [1.82, 2.24) is 20.6 Å². The number of carbonyl (C=O) groups excluding carboxylic acids is 3. The number of pyridine rings is 2. The van der Waals surface area contributed by atoms with Gasteiger partial charge in [-0.05, 0) is 110 Å². The number of nitrogens with zero attached hydrogens (tertiary/aromatic N) is 2. The number of carboxylic acid groups (broad SMARTS) is 1. The lowest BCUT2D eigenvalue weighted by Gasteiger charge is -2.20. The van der Waals surface area contributed by atoms with Crippen LogP contribution in [0.3, 0.4) is 0 Å². The molecular formula is C55H56F6N4O8. The highest BCUT2D eigenvalue weighted by molar-refractivity contribution is 5.95. The van der Waals surface area contributed by atoms with Crippen LogP contribution in [0.2, 0.25) is 0 Å². The number of benzene rings is 4. The maximum absolute atomic E-state index is 12.8. The van der Waals surface area contributed by atoms with Crippen molar-refractivity contribution < 1.29 is 64.8 Å². The van der Waals surface area contributed by atoms with Gasteiger partial charge < -0.3 is 30.0 Å². The Kier molecular flexibility index (Phi) is 20.9. The zero-order valence-electron chi connectivity index (χ0n) is 40.4. The van der Waals surface area contributed by atoms with Crippen molar-refractivity contribution in [2.24, 2.45) is 0 Å². The van der Waals surface area contributed by atoms with Crippen LogP contribution >= 0.6 is 0 Å². The van der Waals surface area contributed by atoms with Gasteiger partial charge in [-0.2, -0.15) is 26.3 Å². The minimum Gasteiger partial charge on any atom is -0.486 e. The van der Waals surface area contributed by atoms with Crippen molar-refractivity contribution in [3.8, 4) is 34.0 Å². The number of nitrogens with one attached hydrogen (secondary N) is 2. The smallest absolute Gasteiger partial charge is 0.417 e. The molecule has 0 saturated carbocycles. The number of methoxy groups -OCH3 is 1. The van der Waals surface area contributed by atoms with Gasteiger partial charge in [0, 0.05) is 47.7 Å². The zero-order valence-corrected chi connectivity index (χ0v) is 40.4. The van der Waals surface area contributed by atoms with Gasteiger partial charge in [0.15, 0.2) is 0 Å². The molecule has 18 heteroatoms. The number of hydrogen-bond donors (Lipinski definition) is 3. The second kappa shape index (κ2) is 27.2. The molecule has 2 aromatic heterocycles. The monoisotopic (exact) mass is 1010 g/mol. The van der Waals surface area contributed by atoms with Crippen LogP contribution in [-0.4, -0.2) is 59.0 Å². The minimum absolute atomic E-state index is 0.0451. The number of rotatable bonds is 22. The standard InChI is InChI=1S/C28H29F3N2O4.C27H27F3N2O4/c1-3-4-5-25(37-23-13-10-21(11-14-23)27(35)32-17-16-26(34)36-2)20-8-6-19(7-9-20)24-15-12-22(18-33-24)28(29,30)31;1-2-3-4-24(36-22-12-9-20(10-13-22)26(35)31-16-15-25(33)34)19-7-5-18(6-8-19)23-14-11-21(17-32-23)27(28,29)30/h6-15,18,25H,3-5,16-17H2,1-2H3,(H,32,35);5-14,17,24H,2-4,15-16H2,1H3,(H,31,35)(H,33,34). The van der Waals surface area contributed by atoms with Gasteiger partial charge in [-0.1, -0.05) is 75.2 Å². The Morgan fingerprint density at radius 2 is 0.932 bits per heavy atom. The van der Waals surface area contributed by atoms with E-state index in [2.05, 4.69) is 39.2 Å². The normalized spacial score (nSPS) is 12.1. The minimum atomic E-state index is -4.43. The van der Waals surface area contributed by atoms with Crippen LogP contribution in [0.25, 0.3) is 22.5 Å². The molecule has 0 aliphatic rings. The van der Waals surface area contributed by atoms with Crippen molar-refractivity contribution in [1.29, 1.82) is 0 Å². The maximum atomic E-state index is 12.8. The Hall–Kier alpha value is -7.76. The summed E-state index contributed by atoms with van der Waals surface area (Å²) in [6.07, 6.45) is -2.40. The van der Waals surface area contributed by atoms with Crippen LogP contribution in [0.15, 0.2) is 134 Å². The van der Waals surface area contributed by atoms with Gasteiger partial charge in [0.25, 0.3) is 11.8 Å². The van der Waals surface area contributed by atoms with E-state index in [4.69, 9.17) is 14.6 Å². The van der Waals surface area contributed by atoms with Gasteiger partial charge >= 0.3 is 24.3 Å². The summed E-state index contributed by atoms with van der Waals surface area (Å²) in [7, 11) is 1.29. The SMILES string of the molecule is CCCCC(Oc1ccc(C(=O)NCCC(=O)O)cc1)c1ccc(-c2ccc(C(F)(F)F)cn2)cc1.CCCCC(Oc1ccc(C(=O)NCCC(=O)OC)cc1)c1ccc(-c2ccc(C(F)(F)F)cn2)cc1. The molecule has 0 saturated heterocycles. The molecule has 0 radical (unpaired) electrons.